The lowest BCUT2D eigenvalue weighted by molar-refractivity contribution is 0.666. The molecule has 0 radical (unpaired) electrons. The van der Waals surface area contributed by atoms with Gasteiger partial charge in [0, 0.05) is 49.7 Å². The molecule has 10 aromatic rings. The molecule has 2 heterocycles. The van der Waals surface area contributed by atoms with Crippen molar-refractivity contribution in [2.24, 2.45) is 0 Å². The lowest BCUT2D eigenvalue weighted by atomic mass is 9.80. The van der Waals surface area contributed by atoms with Crippen LogP contribution in [0.5, 0.6) is 0 Å². The van der Waals surface area contributed by atoms with E-state index in [1.165, 1.54) is 49.3 Å². The number of nitrogens with zero attached hydrogens (tertiary/aromatic N) is 2. The average molecular weight is 667 g/mol. The van der Waals surface area contributed by atoms with Crippen LogP contribution >= 0.6 is 0 Å². The summed E-state index contributed by atoms with van der Waals surface area (Å²) in [6.45, 7) is 4.76. The molecule has 8 aromatic carbocycles. The lowest BCUT2D eigenvalue weighted by Gasteiger charge is -2.28. The van der Waals surface area contributed by atoms with Crippen LogP contribution < -0.4 is 4.90 Å². The van der Waals surface area contributed by atoms with Crippen molar-refractivity contribution in [3.05, 3.63) is 181 Å². The molecule has 2 aromatic heterocycles. The van der Waals surface area contributed by atoms with E-state index in [2.05, 4.69) is 181 Å². The molecule has 0 spiro atoms. The highest BCUT2D eigenvalue weighted by molar-refractivity contribution is 6.11. The summed E-state index contributed by atoms with van der Waals surface area (Å²) in [7, 11) is 0. The van der Waals surface area contributed by atoms with Gasteiger partial charge in [-0.25, -0.2) is 0 Å². The quantitative estimate of drug-likeness (QED) is 0.186. The van der Waals surface area contributed by atoms with Gasteiger partial charge in [-0.3, -0.25) is 0 Å². The summed E-state index contributed by atoms with van der Waals surface area (Å²) in [6, 6.07) is 61.7. The fraction of sp³-hybridized carbons (Fsp3) is 0.0612. The third kappa shape index (κ3) is 4.08. The van der Waals surface area contributed by atoms with Gasteiger partial charge in [-0.05, 0) is 99.8 Å². The van der Waals surface area contributed by atoms with Crippen molar-refractivity contribution in [2.45, 2.75) is 19.3 Å². The molecular weight excluding hydrogens is 633 g/mol. The van der Waals surface area contributed by atoms with Crippen LogP contribution in [-0.4, -0.2) is 4.57 Å². The molecule has 11 rings (SSSR count). The minimum atomic E-state index is -0.157. The summed E-state index contributed by atoms with van der Waals surface area (Å²) in [5, 5.41) is 7.33. The zero-order chi connectivity index (χ0) is 34.6. The predicted molar refractivity (Wildman–Crippen MR) is 218 cm³/mol. The van der Waals surface area contributed by atoms with E-state index in [1.54, 1.807) is 0 Å². The number of para-hydroxylation sites is 3. The van der Waals surface area contributed by atoms with Crippen LogP contribution in [0.25, 0.3) is 71.3 Å². The van der Waals surface area contributed by atoms with Crippen LogP contribution in [0.2, 0.25) is 0 Å². The van der Waals surface area contributed by atoms with E-state index in [0.717, 1.165) is 50.2 Å². The summed E-state index contributed by atoms with van der Waals surface area (Å²) in [4.78, 5) is 2.41. The van der Waals surface area contributed by atoms with Gasteiger partial charge < -0.3 is 13.9 Å². The summed E-state index contributed by atoms with van der Waals surface area (Å²) in [5.74, 6) is 0. The van der Waals surface area contributed by atoms with Gasteiger partial charge in [-0.15, -0.1) is 0 Å². The van der Waals surface area contributed by atoms with Gasteiger partial charge in [0.2, 0.25) is 0 Å². The first-order chi connectivity index (χ1) is 25.5. The lowest BCUT2D eigenvalue weighted by Crippen LogP contribution is -2.17. The van der Waals surface area contributed by atoms with E-state index in [4.69, 9.17) is 4.42 Å². The number of hydrogen-bond acceptors (Lipinski definition) is 2. The monoisotopic (exact) mass is 666 g/mol. The first kappa shape index (κ1) is 29.2. The second-order valence-electron chi connectivity index (χ2n) is 14.6. The van der Waals surface area contributed by atoms with Gasteiger partial charge in [-0.1, -0.05) is 117 Å². The molecular formula is C49H34N2O. The Hall–Kier alpha value is -6.58. The first-order valence-electron chi connectivity index (χ1n) is 18.0. The number of furan rings is 1. The van der Waals surface area contributed by atoms with Crippen LogP contribution in [0.1, 0.15) is 25.0 Å². The van der Waals surface area contributed by atoms with E-state index < -0.39 is 0 Å². The minimum absolute atomic E-state index is 0.157. The van der Waals surface area contributed by atoms with Crippen LogP contribution in [0, 0.1) is 0 Å². The molecule has 0 N–H and O–H groups in total. The molecule has 0 unspecified atom stereocenters. The SMILES string of the molecule is CC1(C)c2cc(N(c3ccccc3)c3ccc4c5ccccc5n(-c5ccc6oc7ccccc7c6c5)c4c3)ccc2-c2ccc3ccccc3c21. The van der Waals surface area contributed by atoms with Crippen LogP contribution in [0.3, 0.4) is 0 Å². The molecule has 0 saturated heterocycles. The Morgan fingerprint density at radius 3 is 2.02 bits per heavy atom. The number of aromatic nitrogens is 1. The van der Waals surface area contributed by atoms with E-state index in [9.17, 15) is 0 Å². The Bertz CT molecular complexity index is 3050. The molecule has 52 heavy (non-hydrogen) atoms. The molecule has 3 heteroatoms. The number of hydrogen-bond donors (Lipinski definition) is 0. The van der Waals surface area contributed by atoms with Gasteiger partial charge in [0.25, 0.3) is 0 Å². The van der Waals surface area contributed by atoms with E-state index in [0.29, 0.717) is 0 Å². The maximum atomic E-state index is 6.22. The van der Waals surface area contributed by atoms with Crippen LogP contribution in [-0.2, 0) is 5.41 Å². The van der Waals surface area contributed by atoms with Gasteiger partial charge in [0.1, 0.15) is 11.2 Å². The molecule has 0 aliphatic heterocycles. The Kier molecular flexibility index (Phi) is 6.01. The van der Waals surface area contributed by atoms with Crippen molar-refractivity contribution in [2.75, 3.05) is 4.90 Å². The van der Waals surface area contributed by atoms with Gasteiger partial charge >= 0.3 is 0 Å². The molecule has 0 atom stereocenters. The summed E-state index contributed by atoms with van der Waals surface area (Å²) >= 11 is 0. The van der Waals surface area contributed by atoms with E-state index in [-0.39, 0.29) is 5.41 Å². The third-order valence-corrected chi connectivity index (χ3v) is 11.3. The smallest absolute Gasteiger partial charge is 0.135 e. The molecule has 246 valence electrons. The maximum absolute atomic E-state index is 6.22. The third-order valence-electron chi connectivity index (χ3n) is 11.3. The van der Waals surface area contributed by atoms with Crippen molar-refractivity contribution in [1.29, 1.82) is 0 Å². The van der Waals surface area contributed by atoms with Gasteiger partial charge in [0.15, 0.2) is 0 Å². The van der Waals surface area contributed by atoms with Crippen molar-refractivity contribution in [3.8, 4) is 16.8 Å². The fourth-order valence-electron chi connectivity index (χ4n) is 8.98. The number of benzene rings is 8. The van der Waals surface area contributed by atoms with Crippen molar-refractivity contribution < 1.29 is 4.42 Å². The number of fused-ring (bicyclic) bond motifs is 11. The second-order valence-corrected chi connectivity index (χ2v) is 14.6. The van der Waals surface area contributed by atoms with E-state index >= 15 is 0 Å². The molecule has 0 saturated carbocycles. The molecule has 3 nitrogen and oxygen atoms in total. The predicted octanol–water partition coefficient (Wildman–Crippen LogP) is 13.6. The topological polar surface area (TPSA) is 21.3 Å². The highest BCUT2D eigenvalue weighted by Gasteiger charge is 2.37. The largest absolute Gasteiger partial charge is 0.456 e. The highest BCUT2D eigenvalue weighted by Crippen LogP contribution is 2.53. The average Bonchev–Trinajstić information content (AvgIpc) is 3.80. The van der Waals surface area contributed by atoms with Crippen molar-refractivity contribution in [1.82, 2.24) is 4.57 Å². The Morgan fingerprint density at radius 2 is 1.13 bits per heavy atom. The fourth-order valence-corrected chi connectivity index (χ4v) is 8.98. The van der Waals surface area contributed by atoms with Crippen LogP contribution in [0.15, 0.2) is 174 Å². The Balaban J connectivity index is 1.13. The van der Waals surface area contributed by atoms with Gasteiger partial charge in [-0.2, -0.15) is 0 Å². The van der Waals surface area contributed by atoms with Crippen molar-refractivity contribution in [3.63, 3.8) is 0 Å². The molecule has 1 aliphatic carbocycles. The van der Waals surface area contributed by atoms with Gasteiger partial charge in [0.05, 0.1) is 11.0 Å². The summed E-state index contributed by atoms with van der Waals surface area (Å²) in [5.41, 5.74) is 13.9. The van der Waals surface area contributed by atoms with Crippen LogP contribution in [0.4, 0.5) is 17.1 Å². The zero-order valence-electron chi connectivity index (χ0n) is 29.0. The maximum Gasteiger partial charge on any atom is 0.135 e. The van der Waals surface area contributed by atoms with Crippen molar-refractivity contribution >= 4 is 71.6 Å². The normalized spacial score (nSPS) is 13.3. The molecule has 0 amide bonds. The number of anilines is 3. The Labute approximate surface area is 301 Å². The zero-order valence-corrected chi connectivity index (χ0v) is 29.0. The second kappa shape index (κ2) is 10.7. The molecule has 0 bridgehead atoms. The highest BCUT2D eigenvalue weighted by atomic mass is 16.3. The number of rotatable bonds is 4. The molecule has 0 fully saturated rings. The Morgan fingerprint density at radius 1 is 0.462 bits per heavy atom. The molecule has 1 aliphatic rings. The standard InChI is InChI=1S/C49H34N2O/c1-49(2)43-29-34(21-25-37(43)41-24-20-31-12-6-7-15-36(31)48(41)49)50(32-13-4-3-5-14-32)35-22-26-39-38-16-8-10-18-44(38)51(45(39)30-35)33-23-27-47-42(28-33)40-17-9-11-19-46(40)52-47/h3-30H,1-2H3. The summed E-state index contributed by atoms with van der Waals surface area (Å²) in [6.07, 6.45) is 0. The summed E-state index contributed by atoms with van der Waals surface area (Å²) < 4.78 is 8.63. The first-order valence-corrected chi connectivity index (χ1v) is 18.0. The minimum Gasteiger partial charge on any atom is -0.456 e. The van der Waals surface area contributed by atoms with E-state index in [1.807, 2.05) is 12.1 Å².